The van der Waals surface area contributed by atoms with E-state index in [4.69, 9.17) is 4.74 Å². The van der Waals surface area contributed by atoms with Gasteiger partial charge in [0.2, 0.25) is 0 Å². The van der Waals surface area contributed by atoms with Crippen LogP contribution in [0.3, 0.4) is 0 Å². The van der Waals surface area contributed by atoms with Gasteiger partial charge in [0.05, 0.1) is 18.2 Å². The largest absolute Gasteiger partial charge is 0.507 e. The highest BCUT2D eigenvalue weighted by Crippen LogP contribution is 2.40. The van der Waals surface area contributed by atoms with E-state index in [2.05, 4.69) is 39.5 Å². The summed E-state index contributed by atoms with van der Waals surface area (Å²) in [5.41, 5.74) is 2.51. The molecule has 1 fully saturated rings. The van der Waals surface area contributed by atoms with Crippen LogP contribution in [0.15, 0.2) is 54.1 Å². The van der Waals surface area contributed by atoms with Gasteiger partial charge in [-0.05, 0) is 48.7 Å². The van der Waals surface area contributed by atoms with Crippen LogP contribution in [0.5, 0.6) is 5.75 Å². The van der Waals surface area contributed by atoms with Crippen molar-refractivity contribution in [2.75, 3.05) is 32.8 Å². The number of nitrogens with zero attached hydrogens (tertiary/aromatic N) is 2. The molecule has 1 amide bonds. The molecule has 0 bridgehead atoms. The molecule has 6 nitrogen and oxygen atoms in total. The van der Waals surface area contributed by atoms with Crippen molar-refractivity contribution < 1.29 is 19.4 Å². The predicted molar refractivity (Wildman–Crippen MR) is 140 cm³/mol. The minimum Gasteiger partial charge on any atom is -0.507 e. The van der Waals surface area contributed by atoms with Crippen molar-refractivity contribution in [3.63, 3.8) is 0 Å². The first kappa shape index (κ1) is 26.5. The number of ketones is 1. The van der Waals surface area contributed by atoms with Gasteiger partial charge in [-0.1, -0.05) is 71.0 Å². The maximum absolute atomic E-state index is 13.3. The number of rotatable bonds is 9. The summed E-state index contributed by atoms with van der Waals surface area (Å²) in [6.45, 7) is 15.7. The average Bonchev–Trinajstić information content (AvgIpc) is 3.09. The molecule has 1 atom stereocenters. The van der Waals surface area contributed by atoms with E-state index in [1.54, 1.807) is 29.2 Å². The van der Waals surface area contributed by atoms with Gasteiger partial charge >= 0.3 is 0 Å². The fourth-order valence-electron chi connectivity index (χ4n) is 4.47. The second-order valence-electron chi connectivity index (χ2n) is 9.85. The second-order valence-corrected chi connectivity index (χ2v) is 9.85. The van der Waals surface area contributed by atoms with Crippen molar-refractivity contribution in [2.45, 2.75) is 53.0 Å². The summed E-state index contributed by atoms with van der Waals surface area (Å²) in [6, 6.07) is 14.3. The summed E-state index contributed by atoms with van der Waals surface area (Å²) in [5, 5.41) is 11.3. The zero-order valence-electron chi connectivity index (χ0n) is 21.8. The number of hydrogen-bond donors (Lipinski definition) is 1. The van der Waals surface area contributed by atoms with Crippen LogP contribution in [0.4, 0.5) is 0 Å². The molecule has 3 rings (SSSR count). The average molecular weight is 479 g/mol. The molecule has 0 saturated carbocycles. The molecule has 0 aliphatic carbocycles. The zero-order chi connectivity index (χ0) is 25.8. The maximum Gasteiger partial charge on any atom is 0.295 e. The fraction of sp³-hybridized carbons (Fsp3) is 0.448. The fourth-order valence-corrected chi connectivity index (χ4v) is 4.47. The molecule has 1 N–H and O–H groups in total. The van der Waals surface area contributed by atoms with E-state index in [1.807, 2.05) is 31.2 Å². The molecule has 1 unspecified atom stereocenters. The van der Waals surface area contributed by atoms with Crippen LogP contribution in [0.25, 0.3) is 5.76 Å². The molecule has 0 aromatic heterocycles. The number of carbonyl (C=O) groups excluding carboxylic acids is 2. The number of hydrogen-bond acceptors (Lipinski definition) is 5. The van der Waals surface area contributed by atoms with Crippen LogP contribution in [0.2, 0.25) is 0 Å². The van der Waals surface area contributed by atoms with E-state index in [0.717, 1.165) is 24.2 Å². The number of ether oxygens (including phenoxy) is 1. The van der Waals surface area contributed by atoms with Gasteiger partial charge in [0.1, 0.15) is 11.5 Å². The standard InChI is InChI=1S/C29H38N2O4/c1-7-30(8-2)17-18-31-25(20-13-15-22(16-14-20)29(4,5)6)24(27(33)28(31)34)26(32)21-11-10-12-23(19-21)35-9-3/h10-16,19,25,32H,7-9,17-18H2,1-6H3/b26-24-. The summed E-state index contributed by atoms with van der Waals surface area (Å²) in [5.74, 6) is -0.822. The molecule has 35 heavy (non-hydrogen) atoms. The molecule has 2 aromatic rings. The summed E-state index contributed by atoms with van der Waals surface area (Å²) in [4.78, 5) is 30.3. The van der Waals surface area contributed by atoms with Gasteiger partial charge in [-0.2, -0.15) is 0 Å². The Balaban J connectivity index is 2.11. The van der Waals surface area contributed by atoms with E-state index >= 15 is 0 Å². The monoisotopic (exact) mass is 478 g/mol. The minimum absolute atomic E-state index is 0.0250. The van der Waals surface area contributed by atoms with Crippen LogP contribution in [-0.2, 0) is 15.0 Å². The van der Waals surface area contributed by atoms with Crippen LogP contribution in [-0.4, -0.2) is 59.4 Å². The van der Waals surface area contributed by atoms with Crippen LogP contribution in [0.1, 0.15) is 64.3 Å². The van der Waals surface area contributed by atoms with Gasteiger partial charge in [0, 0.05) is 18.7 Å². The zero-order valence-corrected chi connectivity index (χ0v) is 21.8. The van der Waals surface area contributed by atoms with Crippen molar-refractivity contribution in [1.29, 1.82) is 0 Å². The Morgan fingerprint density at radius 2 is 1.69 bits per heavy atom. The lowest BCUT2D eigenvalue weighted by Crippen LogP contribution is -2.38. The van der Waals surface area contributed by atoms with Crippen molar-refractivity contribution >= 4 is 17.4 Å². The third-order valence-corrected chi connectivity index (χ3v) is 6.60. The third-order valence-electron chi connectivity index (χ3n) is 6.60. The summed E-state index contributed by atoms with van der Waals surface area (Å²) in [7, 11) is 0. The van der Waals surface area contributed by atoms with Crippen molar-refractivity contribution in [1.82, 2.24) is 9.80 Å². The first-order valence-corrected chi connectivity index (χ1v) is 12.5. The van der Waals surface area contributed by atoms with Crippen LogP contribution in [0, 0.1) is 0 Å². The van der Waals surface area contributed by atoms with Crippen LogP contribution >= 0.6 is 0 Å². The Labute approximate surface area is 209 Å². The first-order chi connectivity index (χ1) is 16.6. The Kier molecular flexibility index (Phi) is 8.39. The molecule has 6 heteroatoms. The number of aliphatic hydroxyl groups is 1. The van der Waals surface area contributed by atoms with Gasteiger partial charge in [-0.25, -0.2) is 0 Å². The number of likely N-dealkylation sites (N-methyl/N-ethyl adjacent to an activating group) is 1. The van der Waals surface area contributed by atoms with E-state index in [9.17, 15) is 14.7 Å². The van der Waals surface area contributed by atoms with Crippen molar-refractivity contribution in [3.8, 4) is 5.75 Å². The van der Waals surface area contributed by atoms with E-state index < -0.39 is 17.7 Å². The molecule has 1 saturated heterocycles. The smallest absolute Gasteiger partial charge is 0.295 e. The SMILES string of the molecule is CCOc1cccc(/C(O)=C2/C(=O)C(=O)N(CCN(CC)CC)C2c2ccc(C(C)(C)C)cc2)c1. The van der Waals surface area contributed by atoms with E-state index in [1.165, 1.54) is 0 Å². The molecular formula is C29H38N2O4. The number of amides is 1. The molecule has 1 aliphatic rings. The maximum atomic E-state index is 13.3. The van der Waals surface area contributed by atoms with Crippen molar-refractivity contribution in [3.05, 3.63) is 70.8 Å². The molecule has 0 radical (unpaired) electrons. The second kappa shape index (κ2) is 11.1. The van der Waals surface area contributed by atoms with Gasteiger partial charge < -0.3 is 19.6 Å². The molecule has 188 valence electrons. The normalized spacial score (nSPS) is 17.9. The van der Waals surface area contributed by atoms with Gasteiger partial charge in [-0.15, -0.1) is 0 Å². The van der Waals surface area contributed by atoms with E-state index in [0.29, 0.717) is 31.0 Å². The Morgan fingerprint density at radius 3 is 2.26 bits per heavy atom. The third kappa shape index (κ3) is 5.76. The lowest BCUT2D eigenvalue weighted by atomic mass is 9.85. The summed E-state index contributed by atoms with van der Waals surface area (Å²) >= 11 is 0. The topological polar surface area (TPSA) is 70.1 Å². The quantitative estimate of drug-likeness (QED) is 0.307. The van der Waals surface area contributed by atoms with E-state index in [-0.39, 0.29) is 16.7 Å². The molecule has 2 aromatic carbocycles. The Bertz CT molecular complexity index is 1080. The highest BCUT2D eigenvalue weighted by molar-refractivity contribution is 6.46. The molecule has 1 aliphatic heterocycles. The summed E-state index contributed by atoms with van der Waals surface area (Å²) in [6.07, 6.45) is 0. The Morgan fingerprint density at radius 1 is 1.03 bits per heavy atom. The lowest BCUT2D eigenvalue weighted by molar-refractivity contribution is -0.140. The molecule has 0 spiro atoms. The number of benzene rings is 2. The predicted octanol–water partition coefficient (Wildman–Crippen LogP) is 5.15. The number of carbonyl (C=O) groups is 2. The number of Topliss-reactive ketones (excluding diaryl/α,β-unsaturated/α-hetero) is 1. The molecular weight excluding hydrogens is 440 g/mol. The van der Waals surface area contributed by atoms with Crippen molar-refractivity contribution in [2.24, 2.45) is 0 Å². The molecule has 1 heterocycles. The van der Waals surface area contributed by atoms with Gasteiger partial charge in [0.15, 0.2) is 0 Å². The highest BCUT2D eigenvalue weighted by Gasteiger charge is 2.46. The first-order valence-electron chi connectivity index (χ1n) is 12.5. The lowest BCUT2D eigenvalue weighted by Gasteiger charge is -2.28. The minimum atomic E-state index is -0.659. The number of aliphatic hydroxyl groups excluding tert-OH is 1. The van der Waals surface area contributed by atoms with Gasteiger partial charge in [-0.3, -0.25) is 9.59 Å². The highest BCUT2D eigenvalue weighted by atomic mass is 16.5. The van der Waals surface area contributed by atoms with Gasteiger partial charge in [0.25, 0.3) is 11.7 Å². The Hall–Kier alpha value is -3.12. The number of likely N-dealkylation sites (tertiary alicyclic amines) is 1. The van der Waals surface area contributed by atoms with Crippen LogP contribution < -0.4 is 4.74 Å². The summed E-state index contributed by atoms with van der Waals surface area (Å²) < 4.78 is 5.57.